The second-order valence-corrected chi connectivity index (χ2v) is 10.1. The lowest BCUT2D eigenvalue weighted by Crippen LogP contribution is -2.35. The van der Waals surface area contributed by atoms with E-state index in [1.807, 2.05) is 37.3 Å². The zero-order valence-electron chi connectivity index (χ0n) is 20.6. The van der Waals surface area contributed by atoms with Gasteiger partial charge in [0.25, 0.3) is 15.9 Å². The number of nitrogens with zero attached hydrogens (tertiary/aromatic N) is 1. The molecule has 6 nitrogen and oxygen atoms in total. The molecule has 4 aromatic carbocycles. The molecule has 188 valence electrons. The Bertz CT molecular complexity index is 1480. The van der Waals surface area contributed by atoms with Crippen molar-refractivity contribution in [1.29, 1.82) is 0 Å². The molecule has 4 aromatic rings. The number of aryl methyl sites for hydroxylation is 1. The van der Waals surface area contributed by atoms with E-state index in [1.165, 1.54) is 25.3 Å². The highest BCUT2D eigenvalue weighted by Crippen LogP contribution is 2.30. The van der Waals surface area contributed by atoms with Crippen LogP contribution in [0.2, 0.25) is 0 Å². The van der Waals surface area contributed by atoms with Crippen LogP contribution in [-0.4, -0.2) is 21.4 Å². The van der Waals surface area contributed by atoms with Gasteiger partial charge in [-0.3, -0.25) is 4.79 Å². The van der Waals surface area contributed by atoms with Crippen molar-refractivity contribution in [2.45, 2.75) is 18.4 Å². The number of rotatable bonds is 9. The van der Waals surface area contributed by atoms with E-state index >= 15 is 0 Å². The molecule has 7 heteroatoms. The zero-order chi connectivity index (χ0) is 26.3. The van der Waals surface area contributed by atoms with Crippen LogP contribution in [0.3, 0.4) is 0 Å². The normalized spacial score (nSPS) is 11.3. The van der Waals surface area contributed by atoms with Gasteiger partial charge >= 0.3 is 0 Å². The Balaban J connectivity index is 1.59. The third-order valence-corrected chi connectivity index (χ3v) is 7.33. The predicted molar refractivity (Wildman–Crippen MR) is 145 cm³/mol. The summed E-state index contributed by atoms with van der Waals surface area (Å²) in [5.74, 6) is 0.357. The molecule has 1 amide bonds. The van der Waals surface area contributed by atoms with Crippen molar-refractivity contribution in [3.63, 3.8) is 0 Å². The van der Waals surface area contributed by atoms with Crippen LogP contribution in [0, 0.1) is 6.92 Å². The average molecular weight is 514 g/mol. The molecule has 0 aliphatic carbocycles. The Morgan fingerprint density at radius 2 is 1.49 bits per heavy atom. The second kappa shape index (κ2) is 11.6. The van der Waals surface area contributed by atoms with Gasteiger partial charge in [-0.25, -0.2) is 8.42 Å². The molecule has 0 aliphatic rings. The van der Waals surface area contributed by atoms with Gasteiger partial charge in [-0.1, -0.05) is 72.3 Å². The highest BCUT2D eigenvalue weighted by Gasteiger charge is 2.29. The fraction of sp³-hybridized carbons (Fsp3) is 0.100. The fourth-order valence-corrected chi connectivity index (χ4v) is 5.03. The van der Waals surface area contributed by atoms with Crippen LogP contribution in [0.1, 0.15) is 16.7 Å². The van der Waals surface area contributed by atoms with Gasteiger partial charge in [0.2, 0.25) is 0 Å². The molecule has 0 saturated heterocycles. The number of sulfonamides is 1. The predicted octanol–water partition coefficient (Wildman–Crippen LogP) is 6.02. The molecule has 0 aliphatic heterocycles. The van der Waals surface area contributed by atoms with Crippen LogP contribution in [-0.2, 0) is 21.4 Å². The molecular weight excluding hydrogens is 486 g/mol. The number of hydrogen-bond donors (Lipinski definition) is 0. The van der Waals surface area contributed by atoms with Gasteiger partial charge in [0.1, 0.15) is 6.61 Å². The number of carbonyl (C=O) groups is 1. The van der Waals surface area contributed by atoms with E-state index in [2.05, 4.69) is 0 Å². The summed E-state index contributed by atoms with van der Waals surface area (Å²) in [6, 6.07) is 29.7. The molecule has 0 atom stereocenters. The molecule has 4 rings (SSSR count). The smallest absolute Gasteiger partial charge is 0.271 e. The highest BCUT2D eigenvalue weighted by molar-refractivity contribution is 7.93. The van der Waals surface area contributed by atoms with E-state index in [0.29, 0.717) is 23.7 Å². The van der Waals surface area contributed by atoms with Gasteiger partial charge in [0, 0.05) is 6.08 Å². The molecule has 0 saturated carbocycles. The molecule has 0 unspecified atom stereocenters. The number of carbonyl (C=O) groups excluding carboxylic acids is 1. The first-order chi connectivity index (χ1) is 17.9. The molecular formula is C30H27NO5S. The van der Waals surface area contributed by atoms with Gasteiger partial charge in [0.05, 0.1) is 17.7 Å². The lowest BCUT2D eigenvalue weighted by atomic mass is 10.2. The Kier molecular flexibility index (Phi) is 8.05. The third kappa shape index (κ3) is 6.26. The van der Waals surface area contributed by atoms with Crippen molar-refractivity contribution in [2.75, 3.05) is 11.4 Å². The maximum atomic E-state index is 13.5. The van der Waals surface area contributed by atoms with E-state index in [1.54, 1.807) is 66.7 Å². The van der Waals surface area contributed by atoms with E-state index in [-0.39, 0.29) is 10.6 Å². The average Bonchev–Trinajstić information content (AvgIpc) is 2.92. The lowest BCUT2D eigenvalue weighted by molar-refractivity contribution is -0.113. The molecule has 0 fully saturated rings. The minimum Gasteiger partial charge on any atom is -0.493 e. The fourth-order valence-electron chi connectivity index (χ4n) is 3.64. The van der Waals surface area contributed by atoms with Crippen molar-refractivity contribution in [2.24, 2.45) is 0 Å². The largest absolute Gasteiger partial charge is 0.493 e. The Morgan fingerprint density at radius 1 is 0.838 bits per heavy atom. The number of methoxy groups -OCH3 is 1. The number of para-hydroxylation sites is 1. The monoisotopic (exact) mass is 513 g/mol. The summed E-state index contributed by atoms with van der Waals surface area (Å²) in [4.78, 5) is 13.3. The van der Waals surface area contributed by atoms with Crippen LogP contribution in [0.25, 0.3) is 6.08 Å². The quantitative estimate of drug-likeness (QED) is 0.256. The van der Waals surface area contributed by atoms with Gasteiger partial charge in [-0.2, -0.15) is 4.31 Å². The van der Waals surface area contributed by atoms with Gasteiger partial charge in [0.15, 0.2) is 11.5 Å². The number of hydrogen-bond acceptors (Lipinski definition) is 5. The van der Waals surface area contributed by atoms with Gasteiger partial charge in [-0.05, 0) is 60.5 Å². The molecule has 0 heterocycles. The van der Waals surface area contributed by atoms with Crippen LogP contribution >= 0.6 is 0 Å². The van der Waals surface area contributed by atoms with Crippen LogP contribution < -0.4 is 13.8 Å². The standard InChI is InChI=1S/C30H27NO5S/c1-23-13-17-27(18-14-23)37(33,34)31(26-11-7-4-8-12-26)30(32)20-16-24-15-19-28(29(21-24)35-2)36-22-25-9-5-3-6-10-25/h3-21H,22H2,1-2H3/b20-16+. The van der Waals surface area contributed by atoms with Crippen molar-refractivity contribution in [1.82, 2.24) is 0 Å². The first-order valence-corrected chi connectivity index (χ1v) is 13.1. The van der Waals surface area contributed by atoms with Crippen LogP contribution in [0.4, 0.5) is 5.69 Å². The Hall–Kier alpha value is -4.36. The molecule has 0 bridgehead atoms. The van der Waals surface area contributed by atoms with Crippen molar-refractivity contribution < 1.29 is 22.7 Å². The Labute approximate surface area is 217 Å². The van der Waals surface area contributed by atoms with E-state index in [9.17, 15) is 13.2 Å². The number of benzene rings is 4. The van der Waals surface area contributed by atoms with Crippen molar-refractivity contribution in [3.05, 3.63) is 126 Å². The molecule has 0 aromatic heterocycles. The summed E-state index contributed by atoms with van der Waals surface area (Å²) in [5.41, 5.74) is 2.84. The first kappa shape index (κ1) is 25.7. The minimum absolute atomic E-state index is 0.0327. The molecule has 0 spiro atoms. The summed E-state index contributed by atoms with van der Waals surface area (Å²) in [5, 5.41) is 0. The van der Waals surface area contributed by atoms with Crippen molar-refractivity contribution >= 4 is 27.7 Å². The summed E-state index contributed by atoms with van der Waals surface area (Å²) in [6.07, 6.45) is 2.78. The van der Waals surface area contributed by atoms with E-state index in [4.69, 9.17) is 9.47 Å². The van der Waals surface area contributed by atoms with Gasteiger partial charge < -0.3 is 9.47 Å². The van der Waals surface area contributed by atoms with Crippen molar-refractivity contribution in [3.8, 4) is 11.5 Å². The summed E-state index contributed by atoms with van der Waals surface area (Å²) in [7, 11) is -2.60. The molecule has 0 radical (unpaired) electrons. The topological polar surface area (TPSA) is 72.9 Å². The minimum atomic E-state index is -4.14. The van der Waals surface area contributed by atoms with E-state index < -0.39 is 15.9 Å². The number of amides is 1. The SMILES string of the molecule is COc1cc(/C=C/C(=O)N(c2ccccc2)S(=O)(=O)c2ccc(C)cc2)ccc1OCc1ccccc1. The van der Waals surface area contributed by atoms with E-state index in [0.717, 1.165) is 15.4 Å². The second-order valence-electron chi connectivity index (χ2n) is 8.27. The first-order valence-electron chi connectivity index (χ1n) is 11.6. The van der Waals surface area contributed by atoms with Crippen LogP contribution in [0.15, 0.2) is 114 Å². The highest BCUT2D eigenvalue weighted by atomic mass is 32.2. The van der Waals surface area contributed by atoms with Crippen LogP contribution in [0.5, 0.6) is 11.5 Å². The summed E-state index contributed by atoms with van der Waals surface area (Å²) in [6.45, 7) is 2.25. The molecule has 37 heavy (non-hydrogen) atoms. The maximum absolute atomic E-state index is 13.5. The molecule has 0 N–H and O–H groups in total. The van der Waals surface area contributed by atoms with Gasteiger partial charge in [-0.15, -0.1) is 0 Å². The number of ether oxygens (including phenoxy) is 2. The third-order valence-electron chi connectivity index (χ3n) is 5.59. The maximum Gasteiger partial charge on any atom is 0.271 e. The number of anilines is 1. The summed E-state index contributed by atoms with van der Waals surface area (Å²) < 4.78 is 39.1. The zero-order valence-corrected chi connectivity index (χ0v) is 21.4. The Morgan fingerprint density at radius 3 is 2.14 bits per heavy atom. The lowest BCUT2D eigenvalue weighted by Gasteiger charge is -2.21. The summed E-state index contributed by atoms with van der Waals surface area (Å²) >= 11 is 0.